The molecule has 5 heteroatoms. The third-order valence-corrected chi connectivity index (χ3v) is 0.280. The van der Waals surface area contributed by atoms with Gasteiger partial charge in [-0.3, -0.25) is 0 Å². The summed E-state index contributed by atoms with van der Waals surface area (Å²) < 4.78 is 0. The van der Waals surface area contributed by atoms with Crippen LogP contribution < -0.4 is 5.73 Å². The van der Waals surface area contributed by atoms with E-state index in [0.29, 0.717) is 6.54 Å². The van der Waals surface area contributed by atoms with Crippen LogP contribution >= 0.6 is 0 Å². The Hall–Kier alpha value is -0.200. The van der Waals surface area contributed by atoms with Gasteiger partial charge in [-0.2, -0.15) is 0 Å². The quantitative estimate of drug-likeness (QED) is 0.283. The summed E-state index contributed by atoms with van der Waals surface area (Å²) in [7, 11) is 0. The molecule has 0 aliphatic carbocycles. The predicted octanol–water partition coefficient (Wildman–Crippen LogP) is -0.702. The average Bonchev–Trinajstić information content (AvgIpc) is 1.69. The van der Waals surface area contributed by atoms with E-state index in [1.165, 1.54) is 0 Å². The molecule has 0 bridgehead atoms. The van der Waals surface area contributed by atoms with Gasteiger partial charge in [0.25, 0.3) is 0 Å². The summed E-state index contributed by atoms with van der Waals surface area (Å²) in [5.41, 5.74) is 4.93. The molecule has 0 amide bonds. The van der Waals surface area contributed by atoms with Crippen LogP contribution in [0.3, 0.4) is 0 Å². The van der Waals surface area contributed by atoms with E-state index in [1.54, 1.807) is 0 Å². The lowest BCUT2D eigenvalue weighted by Gasteiger charge is -1.91. The first-order chi connectivity index (χ1) is 3.41. The fourth-order valence-electron chi connectivity index (χ4n) is 0.104. The molecular formula is C2H7NO4. The van der Waals surface area contributed by atoms with E-state index in [-0.39, 0.29) is 6.61 Å². The molecule has 0 aromatic rings. The Labute approximate surface area is 40.4 Å². The first-order valence-electron chi connectivity index (χ1n) is 1.71. The minimum atomic E-state index is 0.195. The second kappa shape index (κ2) is 5.80. The number of hydrogen-bond acceptors (Lipinski definition) is 5. The minimum Gasteiger partial charge on any atom is -0.328 e. The van der Waals surface area contributed by atoms with Gasteiger partial charge in [0.15, 0.2) is 0 Å². The summed E-state index contributed by atoms with van der Waals surface area (Å²) in [6.07, 6.45) is 0. The molecule has 0 radical (unpaired) electrons. The van der Waals surface area contributed by atoms with E-state index in [4.69, 9.17) is 11.0 Å². The summed E-state index contributed by atoms with van der Waals surface area (Å²) >= 11 is 0. The van der Waals surface area contributed by atoms with Gasteiger partial charge in [-0.05, 0) is 10.1 Å². The lowest BCUT2D eigenvalue weighted by Crippen LogP contribution is -2.08. The largest absolute Gasteiger partial charge is 0.328 e. The van der Waals surface area contributed by atoms with E-state index in [1.807, 2.05) is 0 Å². The Morgan fingerprint density at radius 3 is 2.71 bits per heavy atom. The van der Waals surface area contributed by atoms with Crippen molar-refractivity contribution in [2.45, 2.75) is 0 Å². The maximum Gasteiger partial charge on any atom is 0.0977 e. The van der Waals surface area contributed by atoms with Crippen molar-refractivity contribution < 1.29 is 20.2 Å². The summed E-state index contributed by atoms with van der Waals surface area (Å²) in [4.78, 5) is 4.03. The van der Waals surface area contributed by atoms with E-state index in [2.05, 4.69) is 15.0 Å². The van der Waals surface area contributed by atoms with Crippen molar-refractivity contribution in [2.75, 3.05) is 13.2 Å². The molecule has 0 unspecified atom stereocenters. The van der Waals surface area contributed by atoms with E-state index in [9.17, 15) is 0 Å². The fraction of sp³-hybridized carbons (Fsp3) is 1.00. The van der Waals surface area contributed by atoms with E-state index >= 15 is 0 Å². The number of nitrogens with two attached hydrogens (primary N) is 1. The molecule has 7 heavy (non-hydrogen) atoms. The Kier molecular flexibility index (Phi) is 5.63. The van der Waals surface area contributed by atoms with Gasteiger partial charge in [0.05, 0.1) is 6.61 Å². The maximum absolute atomic E-state index is 7.40. The van der Waals surface area contributed by atoms with Crippen molar-refractivity contribution in [1.29, 1.82) is 0 Å². The molecule has 5 nitrogen and oxygen atoms in total. The normalized spacial score (nSPS) is 9.43. The molecule has 0 fully saturated rings. The van der Waals surface area contributed by atoms with Gasteiger partial charge < -0.3 is 5.73 Å². The molecule has 0 aromatic carbocycles. The summed E-state index contributed by atoms with van der Waals surface area (Å²) in [5, 5.41) is 14.0. The first-order valence-corrected chi connectivity index (χ1v) is 1.71. The van der Waals surface area contributed by atoms with Crippen molar-refractivity contribution >= 4 is 0 Å². The van der Waals surface area contributed by atoms with Crippen LogP contribution in [0, 0.1) is 0 Å². The van der Waals surface area contributed by atoms with Crippen LogP contribution in [0.1, 0.15) is 0 Å². The third-order valence-electron chi connectivity index (χ3n) is 0.280. The summed E-state index contributed by atoms with van der Waals surface area (Å²) in [6.45, 7) is 0.518. The molecule has 0 rings (SSSR count). The van der Waals surface area contributed by atoms with Gasteiger partial charge in [0.2, 0.25) is 0 Å². The molecule has 0 aliphatic rings. The first kappa shape index (κ1) is 6.80. The maximum atomic E-state index is 7.40. The highest BCUT2D eigenvalue weighted by molar-refractivity contribution is 4.20. The van der Waals surface area contributed by atoms with Crippen LogP contribution in [0.2, 0.25) is 0 Å². The van der Waals surface area contributed by atoms with Crippen molar-refractivity contribution in [3.63, 3.8) is 0 Å². The Balaban J connectivity index is 2.45. The Morgan fingerprint density at radius 1 is 1.57 bits per heavy atom. The predicted molar refractivity (Wildman–Crippen MR) is 19.8 cm³/mol. The highest BCUT2D eigenvalue weighted by Crippen LogP contribution is 1.72. The molecule has 0 atom stereocenters. The molecule has 0 heterocycles. The summed E-state index contributed by atoms with van der Waals surface area (Å²) in [5.74, 6) is 0. The molecule has 0 saturated heterocycles. The lowest BCUT2D eigenvalue weighted by atomic mass is 10.8. The van der Waals surface area contributed by atoms with Crippen molar-refractivity contribution in [2.24, 2.45) is 5.73 Å². The number of hydrogen-bond donors (Lipinski definition) is 2. The van der Waals surface area contributed by atoms with Gasteiger partial charge in [-0.1, -0.05) is 0 Å². The minimum absolute atomic E-state index is 0.195. The van der Waals surface area contributed by atoms with Gasteiger partial charge in [-0.15, -0.1) is 0 Å². The van der Waals surface area contributed by atoms with Crippen LogP contribution in [-0.4, -0.2) is 18.4 Å². The van der Waals surface area contributed by atoms with Crippen LogP contribution in [0.15, 0.2) is 0 Å². The van der Waals surface area contributed by atoms with Crippen molar-refractivity contribution in [1.82, 2.24) is 0 Å². The SMILES string of the molecule is NCCOOOO. The van der Waals surface area contributed by atoms with Crippen molar-refractivity contribution in [3.8, 4) is 0 Å². The molecule has 3 N–H and O–H groups in total. The zero-order chi connectivity index (χ0) is 5.54. The molecule has 0 saturated carbocycles. The van der Waals surface area contributed by atoms with E-state index in [0.717, 1.165) is 0 Å². The van der Waals surface area contributed by atoms with Crippen LogP contribution in [-0.2, 0) is 15.0 Å². The van der Waals surface area contributed by atoms with Gasteiger partial charge in [-0.25, -0.2) is 10.1 Å². The Morgan fingerprint density at radius 2 is 2.29 bits per heavy atom. The standard InChI is InChI=1S/C2H7NO4/c3-1-2-5-7-6-4/h4H,1-3H2. The second-order valence-corrected chi connectivity index (χ2v) is 0.753. The monoisotopic (exact) mass is 109 g/mol. The second-order valence-electron chi connectivity index (χ2n) is 0.753. The average molecular weight is 109 g/mol. The van der Waals surface area contributed by atoms with E-state index < -0.39 is 0 Å². The Bertz CT molecular complexity index is 28.9. The smallest absolute Gasteiger partial charge is 0.0977 e. The topological polar surface area (TPSA) is 73.9 Å². The van der Waals surface area contributed by atoms with Crippen LogP contribution in [0.5, 0.6) is 0 Å². The van der Waals surface area contributed by atoms with Gasteiger partial charge >= 0.3 is 0 Å². The molecule has 0 aliphatic heterocycles. The van der Waals surface area contributed by atoms with Crippen LogP contribution in [0.25, 0.3) is 0 Å². The zero-order valence-electron chi connectivity index (χ0n) is 3.66. The summed E-state index contributed by atoms with van der Waals surface area (Å²) in [6, 6.07) is 0. The van der Waals surface area contributed by atoms with Gasteiger partial charge in [0, 0.05) is 6.54 Å². The number of rotatable bonds is 4. The lowest BCUT2D eigenvalue weighted by molar-refractivity contribution is -0.622. The van der Waals surface area contributed by atoms with Crippen LogP contribution in [0.4, 0.5) is 0 Å². The highest BCUT2D eigenvalue weighted by atomic mass is 17.6. The molecular weight excluding hydrogens is 102 g/mol. The van der Waals surface area contributed by atoms with Crippen molar-refractivity contribution in [3.05, 3.63) is 0 Å². The zero-order valence-corrected chi connectivity index (χ0v) is 3.66. The third kappa shape index (κ3) is 5.80. The molecule has 0 aromatic heterocycles. The highest BCUT2D eigenvalue weighted by Gasteiger charge is 1.80. The molecule has 0 spiro atoms. The fourth-order valence-corrected chi connectivity index (χ4v) is 0.104. The molecule has 44 valence electrons. The van der Waals surface area contributed by atoms with Gasteiger partial charge in [0.1, 0.15) is 0 Å².